The zero-order valence-corrected chi connectivity index (χ0v) is 7.31. The Bertz CT molecular complexity index is 203. The van der Waals surface area contributed by atoms with Gasteiger partial charge in [0.15, 0.2) is 0 Å². The van der Waals surface area contributed by atoms with E-state index in [-0.39, 0.29) is 6.04 Å². The molecule has 2 N–H and O–H groups in total. The van der Waals surface area contributed by atoms with Crippen molar-refractivity contribution in [3.05, 3.63) is 35.0 Å². The molecule has 1 aromatic rings. The third kappa shape index (κ3) is 2.48. The van der Waals surface area contributed by atoms with E-state index in [9.17, 15) is 0 Å². The molecule has 0 bridgehead atoms. The van der Waals surface area contributed by atoms with Crippen molar-refractivity contribution in [2.75, 3.05) is 0 Å². The molecule has 1 nitrogen and oxygen atoms in total. The molecule has 1 heterocycles. The molecule has 0 saturated heterocycles. The van der Waals surface area contributed by atoms with Crippen LogP contribution in [-0.4, -0.2) is 0 Å². The van der Waals surface area contributed by atoms with E-state index in [1.54, 1.807) is 11.3 Å². The van der Waals surface area contributed by atoms with E-state index in [4.69, 9.17) is 5.73 Å². The van der Waals surface area contributed by atoms with Gasteiger partial charge in [-0.3, -0.25) is 0 Å². The Labute approximate surface area is 71.5 Å². The lowest BCUT2D eigenvalue weighted by Gasteiger charge is -2.06. The lowest BCUT2D eigenvalue weighted by Crippen LogP contribution is -2.08. The van der Waals surface area contributed by atoms with Crippen LogP contribution in [-0.2, 0) is 0 Å². The number of hydrogen-bond donors (Lipinski definition) is 1. The molecule has 0 saturated carbocycles. The second kappa shape index (κ2) is 4.31. The van der Waals surface area contributed by atoms with Crippen molar-refractivity contribution in [1.82, 2.24) is 0 Å². The van der Waals surface area contributed by atoms with Gasteiger partial charge in [-0.25, -0.2) is 0 Å². The lowest BCUT2D eigenvalue weighted by atomic mass is 10.1. The smallest absolute Gasteiger partial charge is 0.0306 e. The van der Waals surface area contributed by atoms with Crippen molar-refractivity contribution in [1.29, 1.82) is 0 Å². The molecule has 60 valence electrons. The molecule has 11 heavy (non-hydrogen) atoms. The molecular weight excluding hydrogens is 154 g/mol. The average molecular weight is 167 g/mol. The number of thiophene rings is 1. The van der Waals surface area contributed by atoms with Crippen molar-refractivity contribution in [3.63, 3.8) is 0 Å². The number of nitrogens with two attached hydrogens (primary N) is 1. The third-order valence-corrected chi connectivity index (χ3v) is 2.35. The summed E-state index contributed by atoms with van der Waals surface area (Å²) in [5.74, 6) is 0. The van der Waals surface area contributed by atoms with E-state index in [1.165, 1.54) is 5.56 Å². The molecule has 0 fully saturated rings. The van der Waals surface area contributed by atoms with E-state index >= 15 is 0 Å². The topological polar surface area (TPSA) is 26.0 Å². The average Bonchev–Trinajstić information content (AvgIpc) is 2.52. The molecule has 0 amide bonds. The number of rotatable bonds is 4. The van der Waals surface area contributed by atoms with Crippen molar-refractivity contribution in [2.45, 2.75) is 18.9 Å². The fourth-order valence-electron chi connectivity index (χ4n) is 0.950. The highest BCUT2D eigenvalue weighted by Gasteiger charge is 2.03. The third-order valence-electron chi connectivity index (χ3n) is 1.65. The SMILES string of the molecule is C=CCC[C@@H](N)c1ccsc1. The highest BCUT2D eigenvalue weighted by Crippen LogP contribution is 2.18. The summed E-state index contributed by atoms with van der Waals surface area (Å²) in [4.78, 5) is 0. The Morgan fingerprint density at radius 1 is 1.73 bits per heavy atom. The second-order valence-corrected chi connectivity index (χ2v) is 3.31. The van der Waals surface area contributed by atoms with Gasteiger partial charge in [-0.2, -0.15) is 11.3 Å². The zero-order valence-electron chi connectivity index (χ0n) is 6.49. The van der Waals surface area contributed by atoms with Crippen LogP contribution in [0.1, 0.15) is 24.4 Å². The Morgan fingerprint density at radius 3 is 3.09 bits per heavy atom. The quantitative estimate of drug-likeness (QED) is 0.685. The van der Waals surface area contributed by atoms with Gasteiger partial charge in [0.2, 0.25) is 0 Å². The highest BCUT2D eigenvalue weighted by molar-refractivity contribution is 7.07. The maximum Gasteiger partial charge on any atom is 0.0306 e. The molecule has 0 unspecified atom stereocenters. The van der Waals surface area contributed by atoms with Crippen molar-refractivity contribution < 1.29 is 0 Å². The van der Waals surface area contributed by atoms with Gasteiger partial charge in [0.25, 0.3) is 0 Å². The Morgan fingerprint density at radius 2 is 2.55 bits per heavy atom. The first-order valence-electron chi connectivity index (χ1n) is 3.73. The van der Waals surface area contributed by atoms with E-state index in [1.807, 2.05) is 6.08 Å². The molecule has 0 aromatic carbocycles. The second-order valence-electron chi connectivity index (χ2n) is 2.53. The summed E-state index contributed by atoms with van der Waals surface area (Å²) in [5.41, 5.74) is 7.13. The molecule has 0 aliphatic rings. The van der Waals surface area contributed by atoms with Crippen LogP contribution < -0.4 is 5.73 Å². The maximum absolute atomic E-state index is 5.88. The summed E-state index contributed by atoms with van der Waals surface area (Å²) in [6.45, 7) is 3.66. The van der Waals surface area contributed by atoms with Crippen molar-refractivity contribution in [3.8, 4) is 0 Å². The summed E-state index contributed by atoms with van der Waals surface area (Å²) in [7, 11) is 0. The molecule has 1 atom stereocenters. The van der Waals surface area contributed by atoms with Crippen molar-refractivity contribution >= 4 is 11.3 Å². The fourth-order valence-corrected chi connectivity index (χ4v) is 1.67. The van der Waals surface area contributed by atoms with Gasteiger partial charge in [0.1, 0.15) is 0 Å². The van der Waals surface area contributed by atoms with Crippen LogP contribution >= 0.6 is 11.3 Å². The molecule has 2 heteroatoms. The molecule has 1 rings (SSSR count). The molecule has 0 spiro atoms. The fraction of sp³-hybridized carbons (Fsp3) is 0.333. The van der Waals surface area contributed by atoms with Gasteiger partial charge in [-0.1, -0.05) is 6.08 Å². The predicted octanol–water partition coefficient (Wildman–Crippen LogP) is 2.71. The van der Waals surface area contributed by atoms with Crippen LogP contribution in [0.3, 0.4) is 0 Å². The summed E-state index contributed by atoms with van der Waals surface area (Å²) >= 11 is 1.70. The van der Waals surface area contributed by atoms with Crippen LogP contribution in [0, 0.1) is 0 Å². The Hall–Kier alpha value is -0.600. The van der Waals surface area contributed by atoms with Crippen LogP contribution in [0.2, 0.25) is 0 Å². The summed E-state index contributed by atoms with van der Waals surface area (Å²) in [5, 5.41) is 4.16. The van der Waals surface area contributed by atoms with Gasteiger partial charge in [0.05, 0.1) is 0 Å². The van der Waals surface area contributed by atoms with Crippen LogP contribution in [0.5, 0.6) is 0 Å². The summed E-state index contributed by atoms with van der Waals surface area (Å²) in [6.07, 6.45) is 3.91. The van der Waals surface area contributed by atoms with Gasteiger partial charge in [0, 0.05) is 6.04 Å². The number of allylic oxidation sites excluding steroid dienone is 1. The molecule has 1 aromatic heterocycles. The van der Waals surface area contributed by atoms with Gasteiger partial charge in [-0.15, -0.1) is 6.58 Å². The first-order valence-corrected chi connectivity index (χ1v) is 4.67. The van der Waals surface area contributed by atoms with Gasteiger partial charge < -0.3 is 5.73 Å². The molecule has 0 radical (unpaired) electrons. The molecule has 0 aliphatic carbocycles. The van der Waals surface area contributed by atoms with E-state index in [0.29, 0.717) is 0 Å². The van der Waals surface area contributed by atoms with Crippen LogP contribution in [0.25, 0.3) is 0 Å². The number of hydrogen-bond acceptors (Lipinski definition) is 2. The minimum atomic E-state index is 0.194. The molecular formula is C9H13NS. The lowest BCUT2D eigenvalue weighted by molar-refractivity contribution is 0.664. The van der Waals surface area contributed by atoms with Crippen LogP contribution in [0.15, 0.2) is 29.5 Å². The van der Waals surface area contributed by atoms with Crippen molar-refractivity contribution in [2.24, 2.45) is 5.73 Å². The van der Waals surface area contributed by atoms with E-state index in [0.717, 1.165) is 12.8 Å². The first kappa shape index (κ1) is 8.50. The predicted molar refractivity (Wildman–Crippen MR) is 50.7 cm³/mol. The Balaban J connectivity index is 2.42. The van der Waals surface area contributed by atoms with E-state index < -0.39 is 0 Å². The minimum absolute atomic E-state index is 0.194. The summed E-state index contributed by atoms with van der Waals surface area (Å²) in [6, 6.07) is 2.28. The minimum Gasteiger partial charge on any atom is -0.324 e. The zero-order chi connectivity index (χ0) is 8.10. The maximum atomic E-state index is 5.88. The van der Waals surface area contributed by atoms with Gasteiger partial charge >= 0.3 is 0 Å². The summed E-state index contributed by atoms with van der Waals surface area (Å²) < 4.78 is 0. The largest absolute Gasteiger partial charge is 0.324 e. The Kier molecular flexibility index (Phi) is 3.33. The standard InChI is InChI=1S/C9H13NS/c1-2-3-4-9(10)8-5-6-11-7-8/h2,5-7,9H,1,3-4,10H2/t9-/m1/s1. The highest BCUT2D eigenvalue weighted by atomic mass is 32.1. The van der Waals surface area contributed by atoms with Gasteiger partial charge in [-0.05, 0) is 35.2 Å². The molecule has 0 aliphatic heterocycles. The monoisotopic (exact) mass is 167 g/mol. The van der Waals surface area contributed by atoms with E-state index in [2.05, 4.69) is 23.4 Å². The normalized spacial score (nSPS) is 12.8. The van der Waals surface area contributed by atoms with Crippen LogP contribution in [0.4, 0.5) is 0 Å². The first-order chi connectivity index (χ1) is 5.34.